The predicted octanol–water partition coefficient (Wildman–Crippen LogP) is 7.48. The Labute approximate surface area is 293 Å². The second-order valence-corrected chi connectivity index (χ2v) is 13.3. The van der Waals surface area contributed by atoms with Crippen LogP contribution < -0.4 is 4.74 Å². The zero-order chi connectivity index (χ0) is 36.7. The summed E-state index contributed by atoms with van der Waals surface area (Å²) in [5.74, 6) is -7.36. The normalized spacial score (nSPS) is 19.8. The lowest BCUT2D eigenvalue weighted by Crippen LogP contribution is -2.32. The van der Waals surface area contributed by atoms with Crippen molar-refractivity contribution in [2.24, 2.45) is 5.92 Å². The van der Waals surface area contributed by atoms with E-state index in [9.17, 15) is 50.4 Å². The lowest BCUT2D eigenvalue weighted by Gasteiger charge is -2.38. The summed E-state index contributed by atoms with van der Waals surface area (Å²) in [6.07, 6.45) is 3.92. The van der Waals surface area contributed by atoms with Crippen LogP contribution in [-0.4, -0.2) is 52.4 Å². The number of ether oxygens (including phenoxy) is 1. The molecule has 264 valence electrons. The van der Waals surface area contributed by atoms with Crippen LogP contribution in [0.4, 0.5) is 0 Å². The Hall–Kier alpha value is -6.10. The molecule has 11 heteroatoms. The monoisotopic (exact) mass is 694 g/mol. The first-order chi connectivity index (χ1) is 24.2. The van der Waals surface area contributed by atoms with E-state index >= 15 is 0 Å². The van der Waals surface area contributed by atoms with E-state index in [1.807, 2.05) is 19.9 Å². The van der Waals surface area contributed by atoms with Crippen molar-refractivity contribution >= 4 is 11.6 Å². The molecule has 4 atom stereocenters. The number of hydrogen-bond donors (Lipinski definition) is 8. The number of phenols is 8. The minimum atomic E-state index is -1.20. The number of aromatic hydroxyl groups is 8. The fourth-order valence-electron chi connectivity index (χ4n) is 7.26. The molecular formula is C40H38O11. The molecule has 0 amide bonds. The third-order valence-electron chi connectivity index (χ3n) is 9.59. The first-order valence-corrected chi connectivity index (χ1v) is 16.4. The molecule has 1 heterocycles. The first kappa shape index (κ1) is 34.8. The predicted molar refractivity (Wildman–Crippen MR) is 186 cm³/mol. The molecule has 6 rings (SSSR count). The van der Waals surface area contributed by atoms with Crippen molar-refractivity contribution in [1.82, 2.24) is 0 Å². The molecule has 8 N–H and O–H groups in total. The summed E-state index contributed by atoms with van der Waals surface area (Å²) in [6, 6.07) is 12.5. The van der Waals surface area contributed by atoms with Crippen LogP contribution in [-0.2, 0) is 0 Å². The number of carbonyl (C=O) groups is 2. The maximum atomic E-state index is 14.6. The van der Waals surface area contributed by atoms with Gasteiger partial charge in [-0.25, -0.2) is 0 Å². The average Bonchev–Trinajstić information content (AvgIpc) is 3.04. The summed E-state index contributed by atoms with van der Waals surface area (Å²) >= 11 is 0. The topological polar surface area (TPSA) is 205 Å². The van der Waals surface area contributed by atoms with Crippen LogP contribution in [0.15, 0.2) is 84.0 Å². The van der Waals surface area contributed by atoms with Crippen LogP contribution in [0.2, 0.25) is 0 Å². The summed E-state index contributed by atoms with van der Waals surface area (Å²) in [5, 5.41) is 85.6. The number of benzene rings is 4. The third-order valence-corrected chi connectivity index (χ3v) is 9.59. The molecule has 0 saturated heterocycles. The molecule has 2 aliphatic rings. The van der Waals surface area contributed by atoms with Crippen molar-refractivity contribution in [3.63, 3.8) is 0 Å². The van der Waals surface area contributed by atoms with Gasteiger partial charge in [0.25, 0.3) is 0 Å². The highest BCUT2D eigenvalue weighted by atomic mass is 16.5. The molecule has 1 aliphatic heterocycles. The summed E-state index contributed by atoms with van der Waals surface area (Å²) in [5.41, 5.74) is 1.91. The first-order valence-electron chi connectivity index (χ1n) is 16.4. The lowest BCUT2D eigenvalue weighted by molar-refractivity contribution is 0.0841. The van der Waals surface area contributed by atoms with Crippen LogP contribution in [0.25, 0.3) is 0 Å². The SMILES string of the molecule is CC(C)=CCCC1=CC(c2c(O)cc3c(c2O)C(=O)CC(c2ccc(O)cc2O)O3)[C@@H](C(=O)c2ccc(O)cc2O)C(c2ccc(O)cc2O)C1. The molecular weight excluding hydrogens is 656 g/mol. The number of phenolic OH excluding ortho intramolecular Hbond substituents is 8. The van der Waals surface area contributed by atoms with Gasteiger partial charge in [-0.1, -0.05) is 29.4 Å². The van der Waals surface area contributed by atoms with Gasteiger partial charge in [0.1, 0.15) is 63.4 Å². The second kappa shape index (κ2) is 13.7. The molecule has 1 aliphatic carbocycles. The molecule has 4 aromatic carbocycles. The van der Waals surface area contributed by atoms with E-state index in [2.05, 4.69) is 0 Å². The Bertz CT molecular complexity index is 2110. The minimum absolute atomic E-state index is 0.143. The van der Waals surface area contributed by atoms with E-state index in [4.69, 9.17) is 4.74 Å². The van der Waals surface area contributed by atoms with Crippen molar-refractivity contribution in [3.05, 3.63) is 112 Å². The zero-order valence-corrected chi connectivity index (χ0v) is 27.9. The number of carbonyl (C=O) groups excluding carboxylic acids is 2. The number of fused-ring (bicyclic) bond motifs is 1. The zero-order valence-electron chi connectivity index (χ0n) is 27.9. The van der Waals surface area contributed by atoms with Crippen molar-refractivity contribution in [1.29, 1.82) is 0 Å². The quantitative estimate of drug-likeness (QED) is 0.0670. The van der Waals surface area contributed by atoms with Gasteiger partial charge in [0, 0.05) is 53.1 Å². The van der Waals surface area contributed by atoms with Gasteiger partial charge < -0.3 is 45.6 Å². The Morgan fingerprint density at radius 3 is 1.98 bits per heavy atom. The van der Waals surface area contributed by atoms with Gasteiger partial charge in [-0.15, -0.1) is 0 Å². The molecule has 0 fully saturated rings. The van der Waals surface area contributed by atoms with Gasteiger partial charge in [0.05, 0.1) is 12.0 Å². The van der Waals surface area contributed by atoms with Crippen molar-refractivity contribution in [2.75, 3.05) is 0 Å². The summed E-state index contributed by atoms with van der Waals surface area (Å²) in [7, 11) is 0. The highest BCUT2D eigenvalue weighted by Crippen LogP contribution is 2.56. The smallest absolute Gasteiger partial charge is 0.174 e. The molecule has 0 saturated carbocycles. The number of hydrogen-bond acceptors (Lipinski definition) is 11. The van der Waals surface area contributed by atoms with Crippen molar-refractivity contribution in [2.45, 2.75) is 57.5 Å². The van der Waals surface area contributed by atoms with Gasteiger partial charge in [-0.2, -0.15) is 0 Å². The van der Waals surface area contributed by atoms with Crippen molar-refractivity contribution in [3.8, 4) is 51.7 Å². The number of Topliss-reactive ketones (excluding diaryl/α,β-unsaturated/α-hetero) is 2. The molecule has 3 unspecified atom stereocenters. The fourth-order valence-corrected chi connectivity index (χ4v) is 7.26. The standard InChI is InChI=1S/C40H38O11/c1-19(2)4-3-5-20-12-27(24-9-6-21(41)14-29(24)44)36(39(49)26-11-8-23(43)16-31(26)46)28(13-20)37-32(47)18-35-38(40(37)50)33(48)17-34(51-35)25-10-7-22(42)15-30(25)45/h4,6-11,13-16,18,27-28,34,36,41-47,50H,3,5,12,17H2,1-2H3/t27?,28?,34?,36-/m0/s1. The van der Waals surface area contributed by atoms with Gasteiger partial charge in [-0.05, 0) is 69.0 Å². The number of rotatable bonds is 8. The highest BCUT2D eigenvalue weighted by molar-refractivity contribution is 6.04. The molecule has 51 heavy (non-hydrogen) atoms. The molecule has 0 aromatic heterocycles. The second-order valence-electron chi connectivity index (χ2n) is 13.3. The van der Waals surface area contributed by atoms with Gasteiger partial charge in [0.15, 0.2) is 11.6 Å². The summed E-state index contributed by atoms with van der Waals surface area (Å²) in [4.78, 5) is 28.3. The number of ketones is 2. The third kappa shape index (κ3) is 6.74. The van der Waals surface area contributed by atoms with Crippen LogP contribution >= 0.6 is 0 Å². The maximum Gasteiger partial charge on any atom is 0.174 e. The van der Waals surface area contributed by atoms with Crippen LogP contribution in [0.5, 0.6) is 51.7 Å². The molecule has 4 aromatic rings. The van der Waals surface area contributed by atoms with Crippen LogP contribution in [0.3, 0.4) is 0 Å². The molecule has 0 bridgehead atoms. The fraction of sp³-hybridized carbons (Fsp3) is 0.250. The highest BCUT2D eigenvalue weighted by Gasteiger charge is 2.45. The van der Waals surface area contributed by atoms with E-state index < -0.39 is 52.7 Å². The number of allylic oxidation sites excluding steroid dienone is 4. The summed E-state index contributed by atoms with van der Waals surface area (Å²) < 4.78 is 6.01. The lowest BCUT2D eigenvalue weighted by atomic mass is 9.64. The Kier molecular flexibility index (Phi) is 9.31. The van der Waals surface area contributed by atoms with Crippen molar-refractivity contribution < 1.29 is 55.2 Å². The summed E-state index contributed by atoms with van der Waals surface area (Å²) in [6.45, 7) is 3.92. The van der Waals surface area contributed by atoms with E-state index in [1.54, 1.807) is 6.08 Å². The Morgan fingerprint density at radius 1 is 0.765 bits per heavy atom. The molecule has 0 spiro atoms. The minimum Gasteiger partial charge on any atom is -0.508 e. The Balaban J connectivity index is 1.54. The van der Waals surface area contributed by atoms with Gasteiger partial charge in [0.2, 0.25) is 0 Å². The van der Waals surface area contributed by atoms with E-state index in [-0.39, 0.29) is 69.6 Å². The van der Waals surface area contributed by atoms with E-state index in [1.165, 1.54) is 42.5 Å². The van der Waals surface area contributed by atoms with E-state index in [0.717, 1.165) is 29.3 Å². The van der Waals surface area contributed by atoms with Crippen LogP contribution in [0.1, 0.15) is 94.9 Å². The molecule has 11 nitrogen and oxygen atoms in total. The molecule has 0 radical (unpaired) electrons. The van der Waals surface area contributed by atoms with E-state index in [0.29, 0.717) is 18.4 Å². The van der Waals surface area contributed by atoms with Gasteiger partial charge in [-0.3, -0.25) is 9.59 Å². The maximum absolute atomic E-state index is 14.6. The van der Waals surface area contributed by atoms with Gasteiger partial charge >= 0.3 is 0 Å². The average molecular weight is 695 g/mol. The Morgan fingerprint density at radius 2 is 1.37 bits per heavy atom. The largest absolute Gasteiger partial charge is 0.508 e. The van der Waals surface area contributed by atoms with Crippen LogP contribution in [0, 0.1) is 5.92 Å².